The molecule has 0 bridgehead atoms. The Morgan fingerprint density at radius 2 is 1.03 bits per heavy atom. The molecular formula is C33H56O5. The van der Waals surface area contributed by atoms with Crippen molar-refractivity contribution >= 4 is 11.9 Å². The Morgan fingerprint density at radius 1 is 0.579 bits per heavy atom. The summed E-state index contributed by atoms with van der Waals surface area (Å²) in [6.45, 7) is 3.05. The van der Waals surface area contributed by atoms with E-state index in [1.807, 2.05) is 0 Å². The van der Waals surface area contributed by atoms with Gasteiger partial charge in [0.15, 0.2) is 0 Å². The molecule has 0 radical (unpaired) electrons. The van der Waals surface area contributed by atoms with Crippen molar-refractivity contribution in [3.63, 3.8) is 0 Å². The Morgan fingerprint density at radius 3 is 1.55 bits per heavy atom. The molecule has 0 atom stereocenters. The number of carbonyl (C=O) groups is 2. The van der Waals surface area contributed by atoms with Gasteiger partial charge in [-0.25, -0.2) is 0 Å². The van der Waals surface area contributed by atoms with Gasteiger partial charge in [-0.05, 0) is 68.2 Å². The van der Waals surface area contributed by atoms with E-state index in [9.17, 15) is 9.59 Å². The van der Waals surface area contributed by atoms with E-state index in [2.05, 4.69) is 25.1 Å². The summed E-state index contributed by atoms with van der Waals surface area (Å²) in [5, 5.41) is 17.5. The van der Waals surface area contributed by atoms with E-state index >= 15 is 0 Å². The number of benzene rings is 1. The van der Waals surface area contributed by atoms with Crippen LogP contribution in [0.25, 0.3) is 0 Å². The normalized spacial score (nSPS) is 11.1. The maximum atomic E-state index is 10.6. The number of aryl methyl sites for hydroxylation is 2. The molecule has 0 aromatic heterocycles. The summed E-state index contributed by atoms with van der Waals surface area (Å²) in [5.41, 5.74) is 2.92. The van der Waals surface area contributed by atoms with E-state index in [-0.39, 0.29) is 0 Å². The quantitative estimate of drug-likeness (QED) is 0.110. The van der Waals surface area contributed by atoms with Gasteiger partial charge in [0.1, 0.15) is 5.75 Å². The SMILES string of the molecule is CCCCCCCOc1ccc(CCCCCCCCCC(=O)O)c(CCCCCCCCCC(=O)O)c1. The standard InChI is InChI=1S/C33H56O5/c1-2-3-4-15-20-27-38-31-26-25-29(21-16-11-7-5-9-13-18-23-32(34)35)30(28-31)22-17-12-8-6-10-14-19-24-33(36)37/h25-26,28H,2-24,27H2,1H3,(H,34,35)(H,36,37). The van der Waals surface area contributed by atoms with Crippen molar-refractivity contribution in [1.29, 1.82) is 0 Å². The molecule has 2 N–H and O–H groups in total. The molecule has 0 heterocycles. The molecule has 0 spiro atoms. The molecule has 0 amide bonds. The van der Waals surface area contributed by atoms with Gasteiger partial charge in [0, 0.05) is 12.8 Å². The molecule has 1 rings (SSSR count). The Hall–Kier alpha value is -2.04. The second kappa shape index (κ2) is 24.0. The zero-order chi connectivity index (χ0) is 27.7. The van der Waals surface area contributed by atoms with E-state index in [1.165, 1.54) is 88.2 Å². The van der Waals surface area contributed by atoms with E-state index in [1.54, 1.807) is 0 Å². The monoisotopic (exact) mass is 532 g/mol. The molecule has 5 nitrogen and oxygen atoms in total. The van der Waals surface area contributed by atoms with Gasteiger partial charge in [-0.15, -0.1) is 0 Å². The van der Waals surface area contributed by atoms with Gasteiger partial charge >= 0.3 is 11.9 Å². The topological polar surface area (TPSA) is 83.8 Å². The Kier molecular flexibility index (Phi) is 21.5. The highest BCUT2D eigenvalue weighted by Gasteiger charge is 2.07. The molecule has 38 heavy (non-hydrogen) atoms. The average Bonchev–Trinajstić information content (AvgIpc) is 2.89. The fourth-order valence-corrected chi connectivity index (χ4v) is 5.02. The lowest BCUT2D eigenvalue weighted by Gasteiger charge is -2.13. The number of hydrogen-bond donors (Lipinski definition) is 2. The largest absolute Gasteiger partial charge is 0.494 e. The molecule has 218 valence electrons. The fourth-order valence-electron chi connectivity index (χ4n) is 5.02. The molecule has 0 aliphatic rings. The first-order chi connectivity index (χ1) is 18.5. The van der Waals surface area contributed by atoms with E-state index in [0.29, 0.717) is 12.8 Å². The maximum absolute atomic E-state index is 10.6. The third-order valence-electron chi connectivity index (χ3n) is 7.37. The van der Waals surface area contributed by atoms with Crippen molar-refractivity contribution in [3.8, 4) is 5.75 Å². The van der Waals surface area contributed by atoms with Gasteiger partial charge in [0.05, 0.1) is 6.61 Å². The van der Waals surface area contributed by atoms with Crippen molar-refractivity contribution in [2.24, 2.45) is 0 Å². The molecule has 1 aromatic carbocycles. The van der Waals surface area contributed by atoms with Crippen LogP contribution < -0.4 is 4.74 Å². The molecule has 0 aliphatic heterocycles. The van der Waals surface area contributed by atoms with Crippen molar-refractivity contribution in [2.75, 3.05) is 6.61 Å². The van der Waals surface area contributed by atoms with Crippen LogP contribution in [0.3, 0.4) is 0 Å². The molecule has 0 saturated carbocycles. The molecule has 5 heteroatoms. The first kappa shape index (κ1) is 34.0. The summed E-state index contributed by atoms with van der Waals surface area (Å²) in [6, 6.07) is 6.73. The molecule has 0 aliphatic carbocycles. The summed E-state index contributed by atoms with van der Waals surface area (Å²) in [6.07, 6.45) is 24.7. The zero-order valence-electron chi connectivity index (χ0n) is 24.3. The minimum Gasteiger partial charge on any atom is -0.494 e. The Balaban J connectivity index is 2.40. The molecule has 0 unspecified atom stereocenters. The van der Waals surface area contributed by atoms with Crippen molar-refractivity contribution < 1.29 is 24.5 Å². The number of carboxylic acid groups (broad SMARTS) is 2. The lowest BCUT2D eigenvalue weighted by atomic mass is 9.96. The Labute approximate surface area is 232 Å². The minimum atomic E-state index is -0.684. The number of unbranched alkanes of at least 4 members (excludes halogenated alkanes) is 16. The van der Waals surface area contributed by atoms with Crippen LogP contribution in [0.15, 0.2) is 18.2 Å². The summed E-state index contributed by atoms with van der Waals surface area (Å²) >= 11 is 0. The predicted molar refractivity (Wildman–Crippen MR) is 157 cm³/mol. The van der Waals surface area contributed by atoms with Gasteiger partial charge < -0.3 is 14.9 Å². The van der Waals surface area contributed by atoms with E-state index < -0.39 is 11.9 Å². The molecular weight excluding hydrogens is 476 g/mol. The van der Waals surface area contributed by atoms with Crippen LogP contribution in [-0.2, 0) is 22.4 Å². The van der Waals surface area contributed by atoms with E-state index in [0.717, 1.165) is 70.1 Å². The number of aliphatic carboxylic acids is 2. The maximum Gasteiger partial charge on any atom is 0.303 e. The second-order valence-electron chi connectivity index (χ2n) is 10.9. The number of carboxylic acids is 2. The smallest absolute Gasteiger partial charge is 0.303 e. The van der Waals surface area contributed by atoms with Crippen LogP contribution in [0.5, 0.6) is 5.75 Å². The van der Waals surface area contributed by atoms with Crippen LogP contribution in [0.2, 0.25) is 0 Å². The molecule has 1 aromatic rings. The van der Waals surface area contributed by atoms with Gasteiger partial charge in [0.2, 0.25) is 0 Å². The highest BCUT2D eigenvalue weighted by molar-refractivity contribution is 5.66. The van der Waals surface area contributed by atoms with Crippen molar-refractivity contribution in [3.05, 3.63) is 29.3 Å². The fraction of sp³-hybridized carbons (Fsp3) is 0.758. The molecule has 0 fully saturated rings. The second-order valence-corrected chi connectivity index (χ2v) is 10.9. The van der Waals surface area contributed by atoms with Gasteiger partial charge in [0.25, 0.3) is 0 Å². The summed E-state index contributed by atoms with van der Waals surface area (Å²) in [7, 11) is 0. The molecule has 0 saturated heterocycles. The van der Waals surface area contributed by atoms with Crippen LogP contribution in [0, 0.1) is 0 Å². The predicted octanol–water partition coefficient (Wildman–Crippen LogP) is 9.53. The lowest BCUT2D eigenvalue weighted by Crippen LogP contribution is -2.01. The van der Waals surface area contributed by atoms with Crippen molar-refractivity contribution in [1.82, 2.24) is 0 Å². The third-order valence-corrected chi connectivity index (χ3v) is 7.37. The highest BCUT2D eigenvalue weighted by atomic mass is 16.5. The van der Waals surface area contributed by atoms with Gasteiger partial charge in [-0.2, -0.15) is 0 Å². The summed E-state index contributed by atoms with van der Waals surface area (Å²) < 4.78 is 6.11. The van der Waals surface area contributed by atoms with Gasteiger partial charge in [-0.1, -0.05) is 103 Å². The Bertz CT molecular complexity index is 730. The first-order valence-corrected chi connectivity index (χ1v) is 15.7. The van der Waals surface area contributed by atoms with Crippen LogP contribution in [0.4, 0.5) is 0 Å². The average molecular weight is 533 g/mol. The van der Waals surface area contributed by atoms with Crippen LogP contribution in [0.1, 0.15) is 153 Å². The summed E-state index contributed by atoms with van der Waals surface area (Å²) in [5.74, 6) is -0.354. The lowest BCUT2D eigenvalue weighted by molar-refractivity contribution is -0.138. The number of ether oxygens (including phenoxy) is 1. The summed E-state index contributed by atoms with van der Waals surface area (Å²) in [4.78, 5) is 21.2. The first-order valence-electron chi connectivity index (χ1n) is 15.7. The number of rotatable bonds is 27. The zero-order valence-corrected chi connectivity index (χ0v) is 24.3. The van der Waals surface area contributed by atoms with Crippen LogP contribution in [-0.4, -0.2) is 28.8 Å². The number of hydrogen-bond acceptors (Lipinski definition) is 3. The van der Waals surface area contributed by atoms with Crippen LogP contribution >= 0.6 is 0 Å². The minimum absolute atomic E-state index is 0.298. The highest BCUT2D eigenvalue weighted by Crippen LogP contribution is 2.23. The third kappa shape index (κ3) is 20.0. The van der Waals surface area contributed by atoms with Gasteiger partial charge in [-0.3, -0.25) is 9.59 Å². The van der Waals surface area contributed by atoms with Crippen molar-refractivity contribution in [2.45, 2.75) is 155 Å². The van der Waals surface area contributed by atoms with E-state index in [4.69, 9.17) is 14.9 Å².